The fraction of sp³-hybridized carbons (Fsp3) is 0.368. The van der Waals surface area contributed by atoms with Crippen molar-refractivity contribution in [3.05, 3.63) is 35.8 Å². The van der Waals surface area contributed by atoms with Crippen molar-refractivity contribution in [2.75, 3.05) is 6.61 Å². The van der Waals surface area contributed by atoms with Crippen molar-refractivity contribution >= 4 is 28.4 Å². The SMILES string of the molecule is CC[C@H]1[C@@H](COc2nccc3cc(C(N)=O)c4nc(C)cn4c23)NC(=O)C1(F)F. The van der Waals surface area contributed by atoms with Crippen LogP contribution in [0.4, 0.5) is 8.78 Å². The Morgan fingerprint density at radius 3 is 2.90 bits per heavy atom. The van der Waals surface area contributed by atoms with E-state index in [1.165, 1.54) is 6.20 Å². The molecule has 1 saturated heterocycles. The molecule has 0 aromatic carbocycles. The molecular formula is C19H19F2N5O3. The van der Waals surface area contributed by atoms with Crippen molar-refractivity contribution < 1.29 is 23.1 Å². The number of halogens is 2. The van der Waals surface area contributed by atoms with Gasteiger partial charge in [-0.25, -0.2) is 9.97 Å². The van der Waals surface area contributed by atoms with Gasteiger partial charge in [0.2, 0.25) is 5.88 Å². The van der Waals surface area contributed by atoms with Gasteiger partial charge in [-0.1, -0.05) is 6.92 Å². The molecule has 1 aliphatic rings. The number of hydrogen-bond acceptors (Lipinski definition) is 5. The Balaban J connectivity index is 1.75. The highest BCUT2D eigenvalue weighted by Gasteiger charge is 2.56. The number of aromatic nitrogens is 3. The molecule has 0 bridgehead atoms. The summed E-state index contributed by atoms with van der Waals surface area (Å²) in [5.74, 6) is -6.33. The van der Waals surface area contributed by atoms with Crippen molar-refractivity contribution in [2.24, 2.45) is 11.7 Å². The zero-order valence-electron chi connectivity index (χ0n) is 15.8. The molecule has 0 unspecified atom stereocenters. The van der Waals surface area contributed by atoms with E-state index in [0.29, 0.717) is 22.2 Å². The second-order valence-corrected chi connectivity index (χ2v) is 7.08. The van der Waals surface area contributed by atoms with E-state index >= 15 is 0 Å². The predicted octanol–water partition coefficient (Wildman–Crippen LogP) is 1.83. The van der Waals surface area contributed by atoms with Crippen LogP contribution in [0.3, 0.4) is 0 Å². The first-order chi connectivity index (χ1) is 13.7. The van der Waals surface area contributed by atoms with Crippen LogP contribution in [-0.4, -0.2) is 44.8 Å². The van der Waals surface area contributed by atoms with Crippen LogP contribution in [0.15, 0.2) is 24.5 Å². The van der Waals surface area contributed by atoms with Crippen LogP contribution in [0.25, 0.3) is 16.6 Å². The Bertz CT molecular complexity index is 1140. The summed E-state index contributed by atoms with van der Waals surface area (Å²) in [7, 11) is 0. The molecule has 1 fully saturated rings. The van der Waals surface area contributed by atoms with E-state index in [1.807, 2.05) is 0 Å². The summed E-state index contributed by atoms with van der Waals surface area (Å²) < 4.78 is 35.5. The minimum absolute atomic E-state index is 0.121. The highest BCUT2D eigenvalue weighted by atomic mass is 19.3. The van der Waals surface area contributed by atoms with Crippen LogP contribution >= 0.6 is 0 Å². The summed E-state index contributed by atoms with van der Waals surface area (Å²) in [5, 5.41) is 2.93. The Labute approximate surface area is 164 Å². The third-order valence-corrected chi connectivity index (χ3v) is 5.21. The van der Waals surface area contributed by atoms with E-state index in [2.05, 4.69) is 15.3 Å². The lowest BCUT2D eigenvalue weighted by Gasteiger charge is -2.20. The summed E-state index contributed by atoms with van der Waals surface area (Å²) in [6.45, 7) is 3.20. The molecule has 4 heterocycles. The fourth-order valence-corrected chi connectivity index (χ4v) is 3.83. The maximum absolute atomic E-state index is 14.0. The molecule has 152 valence electrons. The minimum Gasteiger partial charge on any atom is -0.474 e. The lowest BCUT2D eigenvalue weighted by Crippen LogP contribution is -2.35. The highest BCUT2D eigenvalue weighted by Crippen LogP contribution is 2.36. The van der Waals surface area contributed by atoms with Gasteiger partial charge in [0, 0.05) is 17.8 Å². The minimum atomic E-state index is -3.43. The number of carbonyl (C=O) groups is 2. The van der Waals surface area contributed by atoms with Crippen molar-refractivity contribution in [1.82, 2.24) is 19.7 Å². The number of carbonyl (C=O) groups excluding carboxylic acids is 2. The molecule has 4 rings (SSSR count). The average molecular weight is 403 g/mol. The Morgan fingerprint density at radius 1 is 1.45 bits per heavy atom. The number of aryl methyl sites for hydroxylation is 1. The molecule has 0 saturated carbocycles. The Kier molecular flexibility index (Phi) is 4.36. The van der Waals surface area contributed by atoms with E-state index < -0.39 is 29.7 Å². The van der Waals surface area contributed by atoms with E-state index in [0.717, 1.165) is 0 Å². The Hall–Kier alpha value is -3.30. The standard InChI is InChI=1S/C19H19F2N5O3/c1-3-12-13(25-18(28)19(12,20)21)8-29-17-14-10(4-5-23-17)6-11(15(22)27)16-24-9(2)7-26(14)16/h4-7,12-13H,3,8H2,1-2H3,(H2,22,27)(H,25,28)/t12-,13+/m0/s1. The van der Waals surface area contributed by atoms with Crippen molar-refractivity contribution in [1.29, 1.82) is 0 Å². The summed E-state index contributed by atoms with van der Waals surface area (Å²) >= 11 is 0. The first kappa shape index (κ1) is 19.0. The maximum Gasteiger partial charge on any atom is 0.329 e. The van der Waals surface area contributed by atoms with Gasteiger partial charge in [0.1, 0.15) is 12.1 Å². The van der Waals surface area contributed by atoms with Crippen LogP contribution in [0, 0.1) is 12.8 Å². The number of pyridine rings is 2. The van der Waals surface area contributed by atoms with Gasteiger partial charge in [0.15, 0.2) is 5.65 Å². The third-order valence-electron chi connectivity index (χ3n) is 5.21. The smallest absolute Gasteiger partial charge is 0.329 e. The number of hydrogen-bond donors (Lipinski definition) is 2. The summed E-state index contributed by atoms with van der Waals surface area (Å²) in [6.07, 6.45) is 3.31. The molecule has 0 radical (unpaired) electrons. The molecule has 3 N–H and O–H groups in total. The van der Waals surface area contributed by atoms with E-state index in [9.17, 15) is 18.4 Å². The monoisotopic (exact) mass is 403 g/mol. The number of rotatable bonds is 5. The molecule has 2 atom stereocenters. The van der Waals surface area contributed by atoms with Crippen molar-refractivity contribution in [2.45, 2.75) is 32.2 Å². The van der Waals surface area contributed by atoms with E-state index in [-0.39, 0.29) is 24.5 Å². The number of nitrogens with two attached hydrogens (primary N) is 1. The van der Waals surface area contributed by atoms with Crippen LogP contribution in [0.2, 0.25) is 0 Å². The quantitative estimate of drug-likeness (QED) is 0.675. The predicted molar refractivity (Wildman–Crippen MR) is 99.9 cm³/mol. The van der Waals surface area contributed by atoms with Gasteiger partial charge < -0.3 is 15.8 Å². The first-order valence-corrected chi connectivity index (χ1v) is 9.12. The lowest BCUT2D eigenvalue weighted by molar-refractivity contribution is -0.144. The van der Waals surface area contributed by atoms with Crippen molar-refractivity contribution in [3.63, 3.8) is 0 Å². The van der Waals surface area contributed by atoms with Crippen LogP contribution in [0.1, 0.15) is 29.4 Å². The number of primary amides is 1. The zero-order valence-corrected chi connectivity index (χ0v) is 15.8. The average Bonchev–Trinajstić information content (AvgIpc) is 3.15. The van der Waals surface area contributed by atoms with Gasteiger partial charge in [0.05, 0.1) is 23.2 Å². The summed E-state index contributed by atoms with van der Waals surface area (Å²) in [4.78, 5) is 32.0. The first-order valence-electron chi connectivity index (χ1n) is 9.12. The number of amides is 2. The number of alkyl halides is 2. The van der Waals surface area contributed by atoms with Crippen molar-refractivity contribution in [3.8, 4) is 5.88 Å². The number of nitrogens with one attached hydrogen (secondary N) is 1. The summed E-state index contributed by atoms with van der Waals surface area (Å²) in [6, 6.07) is 2.43. The topological polar surface area (TPSA) is 112 Å². The largest absolute Gasteiger partial charge is 0.474 e. The van der Waals surface area contributed by atoms with Gasteiger partial charge in [-0.2, -0.15) is 8.78 Å². The number of fused-ring (bicyclic) bond motifs is 3. The molecule has 29 heavy (non-hydrogen) atoms. The van der Waals surface area contributed by atoms with E-state index in [1.54, 1.807) is 36.6 Å². The van der Waals surface area contributed by atoms with E-state index in [4.69, 9.17) is 10.5 Å². The summed E-state index contributed by atoms with van der Waals surface area (Å²) in [5.41, 5.74) is 7.26. The molecule has 3 aromatic heterocycles. The third kappa shape index (κ3) is 2.95. The molecule has 0 spiro atoms. The van der Waals surface area contributed by atoms with Gasteiger partial charge in [-0.3, -0.25) is 14.0 Å². The van der Waals surface area contributed by atoms with Gasteiger partial charge in [-0.05, 0) is 25.5 Å². The van der Waals surface area contributed by atoms with Crippen LogP contribution in [0.5, 0.6) is 5.88 Å². The second-order valence-electron chi connectivity index (χ2n) is 7.08. The molecule has 1 aliphatic heterocycles. The van der Waals surface area contributed by atoms with Crippen LogP contribution in [-0.2, 0) is 4.79 Å². The highest BCUT2D eigenvalue weighted by molar-refractivity contribution is 6.03. The van der Waals surface area contributed by atoms with Gasteiger partial charge >= 0.3 is 5.92 Å². The molecular weight excluding hydrogens is 384 g/mol. The zero-order chi connectivity index (χ0) is 20.9. The van der Waals surface area contributed by atoms with Gasteiger partial charge in [-0.15, -0.1) is 0 Å². The molecule has 0 aliphatic carbocycles. The number of nitrogens with zero attached hydrogens (tertiary/aromatic N) is 3. The maximum atomic E-state index is 14.0. The molecule has 2 amide bonds. The number of ether oxygens (including phenoxy) is 1. The van der Waals surface area contributed by atoms with Crippen LogP contribution < -0.4 is 15.8 Å². The lowest BCUT2D eigenvalue weighted by atomic mass is 9.95. The molecule has 8 nitrogen and oxygen atoms in total. The second kappa shape index (κ2) is 6.64. The molecule has 3 aromatic rings. The normalized spacial score (nSPS) is 20.9. The molecule has 10 heteroatoms. The Morgan fingerprint density at radius 2 is 2.21 bits per heavy atom. The van der Waals surface area contributed by atoms with Gasteiger partial charge in [0.25, 0.3) is 11.8 Å². The number of imidazole rings is 1. The fourth-order valence-electron chi connectivity index (χ4n) is 3.83.